The SMILES string of the molecule is CC.O=C1CC2CC(=O)CC2C1. The number of fused-ring (bicyclic) bond motifs is 1. The molecule has 0 aromatic carbocycles. The van der Waals surface area contributed by atoms with E-state index in [2.05, 4.69) is 0 Å². The van der Waals surface area contributed by atoms with E-state index in [1.807, 2.05) is 13.8 Å². The van der Waals surface area contributed by atoms with Crippen LogP contribution in [0.2, 0.25) is 0 Å². The Morgan fingerprint density at radius 3 is 1.33 bits per heavy atom. The van der Waals surface area contributed by atoms with Gasteiger partial charge in [0, 0.05) is 25.7 Å². The summed E-state index contributed by atoms with van der Waals surface area (Å²) in [4.78, 5) is 21.7. The highest BCUT2D eigenvalue weighted by atomic mass is 16.1. The van der Waals surface area contributed by atoms with Gasteiger partial charge in [-0.15, -0.1) is 0 Å². The molecule has 68 valence electrons. The van der Waals surface area contributed by atoms with Crippen LogP contribution in [0.4, 0.5) is 0 Å². The van der Waals surface area contributed by atoms with E-state index >= 15 is 0 Å². The van der Waals surface area contributed by atoms with E-state index in [4.69, 9.17) is 0 Å². The average Bonchev–Trinajstić information content (AvgIpc) is 2.48. The zero-order chi connectivity index (χ0) is 9.14. The quantitative estimate of drug-likeness (QED) is 0.554. The van der Waals surface area contributed by atoms with Gasteiger partial charge >= 0.3 is 0 Å². The zero-order valence-corrected chi connectivity index (χ0v) is 7.80. The normalized spacial score (nSPS) is 32.8. The van der Waals surface area contributed by atoms with Crippen molar-refractivity contribution in [3.8, 4) is 0 Å². The lowest BCUT2D eigenvalue weighted by atomic mass is 10.0. The first-order valence-electron chi connectivity index (χ1n) is 4.79. The fraction of sp³-hybridized carbons (Fsp3) is 0.800. The predicted octanol–water partition coefficient (Wildman–Crippen LogP) is 1.97. The van der Waals surface area contributed by atoms with Crippen LogP contribution in [0.25, 0.3) is 0 Å². The fourth-order valence-electron chi connectivity index (χ4n) is 2.15. The molecule has 0 radical (unpaired) electrons. The summed E-state index contributed by atoms with van der Waals surface area (Å²) in [6.07, 6.45) is 2.71. The minimum atomic E-state index is 0.363. The van der Waals surface area contributed by atoms with E-state index in [1.165, 1.54) is 0 Å². The Bertz CT molecular complexity index is 158. The number of hydrogen-bond donors (Lipinski definition) is 0. The first kappa shape index (κ1) is 9.43. The standard InChI is InChI=1S/C8H10O2.C2H6/c9-7-1-5-2-8(10)4-6(5)3-7;1-2/h5-6H,1-4H2;1-2H3. The van der Waals surface area contributed by atoms with Gasteiger partial charge in [-0.25, -0.2) is 0 Å². The summed E-state index contributed by atoms with van der Waals surface area (Å²) < 4.78 is 0. The van der Waals surface area contributed by atoms with Gasteiger partial charge in [0.1, 0.15) is 11.6 Å². The number of rotatable bonds is 0. The Balaban J connectivity index is 0.000000336. The van der Waals surface area contributed by atoms with Gasteiger partial charge in [0.25, 0.3) is 0 Å². The molecule has 2 saturated carbocycles. The van der Waals surface area contributed by atoms with E-state index in [-0.39, 0.29) is 0 Å². The summed E-state index contributed by atoms with van der Waals surface area (Å²) in [6, 6.07) is 0. The number of Topliss-reactive ketones (excluding diaryl/α,β-unsaturated/α-hetero) is 2. The Morgan fingerprint density at radius 1 is 0.833 bits per heavy atom. The van der Waals surface area contributed by atoms with Crippen molar-refractivity contribution in [1.82, 2.24) is 0 Å². The lowest BCUT2D eigenvalue weighted by Gasteiger charge is -2.01. The topological polar surface area (TPSA) is 34.1 Å². The van der Waals surface area contributed by atoms with E-state index in [9.17, 15) is 9.59 Å². The predicted molar refractivity (Wildman–Crippen MR) is 46.8 cm³/mol. The lowest BCUT2D eigenvalue weighted by molar-refractivity contribution is -0.119. The van der Waals surface area contributed by atoms with Crippen LogP contribution in [0.1, 0.15) is 39.5 Å². The molecule has 0 spiro atoms. The molecule has 2 aliphatic rings. The Labute approximate surface area is 73.3 Å². The van der Waals surface area contributed by atoms with Crippen molar-refractivity contribution in [3.63, 3.8) is 0 Å². The molecule has 2 heteroatoms. The molecule has 0 atom stereocenters. The van der Waals surface area contributed by atoms with Crippen molar-refractivity contribution < 1.29 is 9.59 Å². The first-order valence-corrected chi connectivity index (χ1v) is 4.79. The van der Waals surface area contributed by atoms with E-state index in [1.54, 1.807) is 0 Å². The van der Waals surface area contributed by atoms with E-state index in [0.29, 0.717) is 49.1 Å². The van der Waals surface area contributed by atoms with Crippen LogP contribution in [0, 0.1) is 11.8 Å². The van der Waals surface area contributed by atoms with Crippen molar-refractivity contribution >= 4 is 11.6 Å². The smallest absolute Gasteiger partial charge is 0.133 e. The van der Waals surface area contributed by atoms with Crippen LogP contribution >= 0.6 is 0 Å². The van der Waals surface area contributed by atoms with Crippen molar-refractivity contribution in [2.75, 3.05) is 0 Å². The Hall–Kier alpha value is -0.660. The lowest BCUT2D eigenvalue weighted by Crippen LogP contribution is -1.96. The molecule has 0 amide bonds. The molecular weight excluding hydrogens is 152 g/mol. The second kappa shape index (κ2) is 3.83. The maximum atomic E-state index is 10.9. The third kappa shape index (κ3) is 1.74. The zero-order valence-electron chi connectivity index (χ0n) is 7.80. The monoisotopic (exact) mass is 168 g/mol. The van der Waals surface area contributed by atoms with Gasteiger partial charge in [0.05, 0.1) is 0 Å². The summed E-state index contributed by atoms with van der Waals surface area (Å²) in [6.45, 7) is 4.00. The van der Waals surface area contributed by atoms with Crippen LogP contribution in [-0.4, -0.2) is 11.6 Å². The summed E-state index contributed by atoms with van der Waals surface area (Å²) in [5.74, 6) is 1.59. The fourth-order valence-corrected chi connectivity index (χ4v) is 2.15. The van der Waals surface area contributed by atoms with Gasteiger partial charge in [0.15, 0.2) is 0 Å². The van der Waals surface area contributed by atoms with Crippen molar-refractivity contribution in [2.45, 2.75) is 39.5 Å². The highest BCUT2D eigenvalue weighted by Gasteiger charge is 2.40. The van der Waals surface area contributed by atoms with Crippen LogP contribution in [0.15, 0.2) is 0 Å². The molecule has 2 fully saturated rings. The van der Waals surface area contributed by atoms with Crippen LogP contribution in [-0.2, 0) is 9.59 Å². The van der Waals surface area contributed by atoms with Gasteiger partial charge in [0.2, 0.25) is 0 Å². The summed E-state index contributed by atoms with van der Waals surface area (Å²) >= 11 is 0. The molecule has 2 aliphatic carbocycles. The molecule has 12 heavy (non-hydrogen) atoms. The number of hydrogen-bond acceptors (Lipinski definition) is 2. The molecule has 0 saturated heterocycles. The molecule has 0 aliphatic heterocycles. The molecule has 0 unspecified atom stereocenters. The summed E-state index contributed by atoms with van der Waals surface area (Å²) in [5, 5.41) is 0. The number of carbonyl (C=O) groups is 2. The maximum Gasteiger partial charge on any atom is 0.133 e. The van der Waals surface area contributed by atoms with Crippen LogP contribution < -0.4 is 0 Å². The van der Waals surface area contributed by atoms with E-state index < -0.39 is 0 Å². The largest absolute Gasteiger partial charge is 0.300 e. The van der Waals surface area contributed by atoms with Gasteiger partial charge in [-0.2, -0.15) is 0 Å². The summed E-state index contributed by atoms with van der Waals surface area (Å²) in [7, 11) is 0. The second-order valence-electron chi connectivity index (χ2n) is 3.41. The second-order valence-corrected chi connectivity index (χ2v) is 3.41. The third-order valence-corrected chi connectivity index (χ3v) is 2.63. The maximum absolute atomic E-state index is 10.9. The molecule has 0 aromatic rings. The third-order valence-electron chi connectivity index (χ3n) is 2.63. The minimum absolute atomic E-state index is 0.363. The minimum Gasteiger partial charge on any atom is -0.300 e. The molecule has 2 nitrogen and oxygen atoms in total. The van der Waals surface area contributed by atoms with Crippen molar-refractivity contribution in [2.24, 2.45) is 11.8 Å². The molecule has 0 bridgehead atoms. The highest BCUT2D eigenvalue weighted by molar-refractivity contribution is 5.88. The van der Waals surface area contributed by atoms with Crippen molar-refractivity contribution in [1.29, 1.82) is 0 Å². The molecular formula is C10H16O2. The van der Waals surface area contributed by atoms with Gasteiger partial charge in [-0.1, -0.05) is 13.8 Å². The molecule has 0 N–H and O–H groups in total. The van der Waals surface area contributed by atoms with Gasteiger partial charge in [-0.3, -0.25) is 9.59 Å². The number of ketones is 2. The van der Waals surface area contributed by atoms with Gasteiger partial charge < -0.3 is 0 Å². The first-order chi connectivity index (χ1) is 5.75. The Morgan fingerprint density at radius 2 is 1.08 bits per heavy atom. The Kier molecular flexibility index (Phi) is 3.01. The van der Waals surface area contributed by atoms with Crippen LogP contribution in [0.5, 0.6) is 0 Å². The molecule has 0 heterocycles. The van der Waals surface area contributed by atoms with Crippen molar-refractivity contribution in [3.05, 3.63) is 0 Å². The number of carbonyl (C=O) groups excluding carboxylic acids is 2. The molecule has 0 aromatic heterocycles. The molecule has 2 rings (SSSR count). The highest BCUT2D eigenvalue weighted by Crippen LogP contribution is 2.40. The average molecular weight is 168 g/mol. The summed E-state index contributed by atoms with van der Waals surface area (Å²) in [5.41, 5.74) is 0. The van der Waals surface area contributed by atoms with Gasteiger partial charge in [-0.05, 0) is 11.8 Å². The van der Waals surface area contributed by atoms with Crippen LogP contribution in [0.3, 0.4) is 0 Å². The van der Waals surface area contributed by atoms with E-state index in [0.717, 1.165) is 0 Å².